The number of rotatable bonds is 4. The number of halogens is 1. The first-order chi connectivity index (χ1) is 19.6. The fraction of sp³-hybridized carbons (Fsp3) is 0.250. The molecule has 1 aliphatic rings. The molecule has 1 amide bonds. The van der Waals surface area contributed by atoms with Crippen molar-refractivity contribution >= 4 is 34.1 Å². The molecule has 210 valence electrons. The number of fused-ring (bicyclic) bond motifs is 3. The number of primary amides is 1. The number of oxime groups is 1. The minimum absolute atomic E-state index is 0.118. The van der Waals surface area contributed by atoms with Gasteiger partial charge in [-0.15, -0.1) is 0 Å². The summed E-state index contributed by atoms with van der Waals surface area (Å²) >= 11 is 5.92. The van der Waals surface area contributed by atoms with Gasteiger partial charge in [0.15, 0.2) is 0 Å². The molecule has 3 N–H and O–H groups in total. The summed E-state index contributed by atoms with van der Waals surface area (Å²) in [6.07, 6.45) is 3.66. The van der Waals surface area contributed by atoms with Crippen molar-refractivity contribution in [2.45, 2.75) is 52.5 Å². The van der Waals surface area contributed by atoms with Gasteiger partial charge in [0.1, 0.15) is 12.2 Å². The molecule has 0 spiro atoms. The topological polar surface area (TPSA) is 111 Å². The molecular weight excluding hydrogens is 536 g/mol. The summed E-state index contributed by atoms with van der Waals surface area (Å²) in [5, 5.41) is 18.5. The van der Waals surface area contributed by atoms with Crippen LogP contribution in [0.5, 0.6) is 0 Å². The largest absolute Gasteiger partial charge is 0.411 e. The number of aryl methyl sites for hydroxylation is 2. The van der Waals surface area contributed by atoms with Gasteiger partial charge in [-0.05, 0) is 69.5 Å². The number of carbonyl (C=O) groups excluding carboxylic acids is 1. The van der Waals surface area contributed by atoms with Gasteiger partial charge in [-0.2, -0.15) is 5.10 Å². The summed E-state index contributed by atoms with van der Waals surface area (Å²) < 4.78 is 4.02. The third-order valence-electron chi connectivity index (χ3n) is 7.82. The van der Waals surface area contributed by atoms with E-state index in [0.717, 1.165) is 30.6 Å². The molecule has 0 bridgehead atoms. The van der Waals surface area contributed by atoms with Crippen molar-refractivity contribution in [1.29, 1.82) is 0 Å². The number of nitrogens with zero attached hydrogens (tertiary/aromatic N) is 5. The van der Waals surface area contributed by atoms with E-state index in [1.165, 1.54) is 27.7 Å². The van der Waals surface area contributed by atoms with Crippen LogP contribution in [-0.4, -0.2) is 36.2 Å². The molecule has 0 radical (unpaired) electrons. The van der Waals surface area contributed by atoms with Gasteiger partial charge >= 0.3 is 0 Å². The minimum Gasteiger partial charge on any atom is -0.411 e. The molecule has 0 saturated carbocycles. The molecule has 0 aliphatic carbocycles. The Labute approximate surface area is 244 Å². The standard InChI is InChI=1S/C22H24N2O.C10H9ClN4O/c1-15-9-10-19-18(13-15)21(16(2)23-25)20-11-12-22(3,14-24(19)20)17-7-5-4-6-8-17;1-6-13-5-15(14-6)7-2-3-8(10(12)16)9(11)4-7/h4-10,13,25H,11-12,14H2,1-3H3;2-5H,1H3,(H2,12,16)/b23-16+;/t22-;/m0./s1. The van der Waals surface area contributed by atoms with Gasteiger partial charge in [-0.3, -0.25) is 4.79 Å². The highest BCUT2D eigenvalue weighted by atomic mass is 35.5. The zero-order valence-corrected chi connectivity index (χ0v) is 24.4. The number of aromatic nitrogens is 4. The van der Waals surface area contributed by atoms with Crippen LogP contribution >= 0.6 is 11.6 Å². The summed E-state index contributed by atoms with van der Waals surface area (Å²) in [5.74, 6) is 0.112. The summed E-state index contributed by atoms with van der Waals surface area (Å²) in [6, 6.07) is 22.3. The van der Waals surface area contributed by atoms with Gasteiger partial charge < -0.3 is 15.5 Å². The van der Waals surface area contributed by atoms with Gasteiger partial charge in [0, 0.05) is 34.1 Å². The third-order valence-corrected chi connectivity index (χ3v) is 8.13. The van der Waals surface area contributed by atoms with E-state index < -0.39 is 5.91 Å². The lowest BCUT2D eigenvalue weighted by Crippen LogP contribution is -2.34. The van der Waals surface area contributed by atoms with Crippen molar-refractivity contribution < 1.29 is 10.0 Å². The zero-order valence-electron chi connectivity index (χ0n) is 23.6. The van der Waals surface area contributed by atoms with Gasteiger partial charge in [0.2, 0.25) is 5.91 Å². The molecule has 3 aromatic carbocycles. The summed E-state index contributed by atoms with van der Waals surface area (Å²) in [5.41, 5.74) is 13.3. The second-order valence-corrected chi connectivity index (χ2v) is 11.2. The normalized spacial score (nSPS) is 16.7. The SMILES string of the molecule is C/C(=N\O)c1c2n(c3ccc(C)cc13)C[C@@](C)(c1ccccc1)CC2.Cc1ncn(-c2ccc(C(N)=O)c(Cl)c2)n1. The van der Waals surface area contributed by atoms with Gasteiger partial charge in [0.25, 0.3) is 0 Å². The van der Waals surface area contributed by atoms with Crippen molar-refractivity contribution in [3.8, 4) is 5.69 Å². The summed E-state index contributed by atoms with van der Waals surface area (Å²) in [7, 11) is 0. The van der Waals surface area contributed by atoms with Gasteiger partial charge in [-0.25, -0.2) is 9.67 Å². The molecule has 1 atom stereocenters. The van der Waals surface area contributed by atoms with Crippen molar-refractivity contribution in [3.05, 3.63) is 112 Å². The van der Waals surface area contributed by atoms with Crippen LogP contribution in [0.3, 0.4) is 0 Å². The Kier molecular flexibility index (Phi) is 7.69. The van der Waals surface area contributed by atoms with Crippen LogP contribution in [-0.2, 0) is 18.4 Å². The molecule has 0 fully saturated rings. The van der Waals surface area contributed by atoms with Crippen molar-refractivity contribution in [2.75, 3.05) is 0 Å². The molecule has 8 nitrogen and oxygen atoms in total. The van der Waals surface area contributed by atoms with Crippen LogP contribution < -0.4 is 5.73 Å². The lowest BCUT2D eigenvalue weighted by atomic mass is 9.76. The van der Waals surface area contributed by atoms with E-state index in [-0.39, 0.29) is 5.41 Å². The van der Waals surface area contributed by atoms with E-state index in [4.69, 9.17) is 17.3 Å². The molecule has 2 aromatic heterocycles. The van der Waals surface area contributed by atoms with E-state index >= 15 is 0 Å². The van der Waals surface area contributed by atoms with Crippen LogP contribution in [0.15, 0.2) is 78.2 Å². The molecule has 5 aromatic rings. The smallest absolute Gasteiger partial charge is 0.250 e. The Morgan fingerprint density at radius 2 is 1.85 bits per heavy atom. The summed E-state index contributed by atoms with van der Waals surface area (Å²) in [6.45, 7) is 9.10. The van der Waals surface area contributed by atoms with Crippen LogP contribution in [0.1, 0.15) is 58.8 Å². The first kappa shape index (κ1) is 28.1. The maximum absolute atomic E-state index is 11.0. The Morgan fingerprint density at radius 3 is 2.49 bits per heavy atom. The van der Waals surface area contributed by atoms with Crippen LogP contribution in [0.25, 0.3) is 16.6 Å². The molecular formula is C32H33ClN6O2. The number of nitrogens with two attached hydrogens (primary N) is 1. The molecule has 3 heterocycles. The average Bonchev–Trinajstić information content (AvgIpc) is 3.53. The highest BCUT2D eigenvalue weighted by Crippen LogP contribution is 2.40. The lowest BCUT2D eigenvalue weighted by Gasteiger charge is -2.36. The second kappa shape index (κ2) is 11.2. The van der Waals surface area contributed by atoms with Crippen molar-refractivity contribution in [3.63, 3.8) is 0 Å². The maximum Gasteiger partial charge on any atom is 0.250 e. The fourth-order valence-electron chi connectivity index (χ4n) is 5.63. The number of amides is 1. The Bertz CT molecular complexity index is 1770. The van der Waals surface area contributed by atoms with Crippen molar-refractivity contribution in [1.82, 2.24) is 19.3 Å². The molecule has 0 unspecified atom stereocenters. The van der Waals surface area contributed by atoms with E-state index in [1.54, 1.807) is 36.1 Å². The van der Waals surface area contributed by atoms with E-state index in [9.17, 15) is 10.0 Å². The monoisotopic (exact) mass is 568 g/mol. The van der Waals surface area contributed by atoms with E-state index in [2.05, 4.69) is 82.2 Å². The number of hydrogen-bond donors (Lipinski definition) is 2. The first-order valence-electron chi connectivity index (χ1n) is 13.5. The number of carbonyl (C=O) groups is 1. The van der Waals surface area contributed by atoms with Crippen LogP contribution in [0, 0.1) is 13.8 Å². The van der Waals surface area contributed by atoms with E-state index in [1.807, 2.05) is 6.92 Å². The van der Waals surface area contributed by atoms with Crippen LogP contribution in [0.4, 0.5) is 0 Å². The molecule has 1 aliphatic heterocycles. The lowest BCUT2D eigenvalue weighted by molar-refractivity contribution is 0.100. The van der Waals surface area contributed by atoms with Gasteiger partial charge in [0.05, 0.1) is 22.0 Å². The summed E-state index contributed by atoms with van der Waals surface area (Å²) in [4.78, 5) is 15.0. The fourth-order valence-corrected chi connectivity index (χ4v) is 5.90. The second-order valence-electron chi connectivity index (χ2n) is 10.8. The number of benzene rings is 3. The Balaban J connectivity index is 0.000000182. The van der Waals surface area contributed by atoms with E-state index in [0.29, 0.717) is 22.1 Å². The molecule has 41 heavy (non-hydrogen) atoms. The van der Waals surface area contributed by atoms with Gasteiger partial charge in [-0.1, -0.05) is 65.6 Å². The highest BCUT2D eigenvalue weighted by Gasteiger charge is 2.34. The highest BCUT2D eigenvalue weighted by molar-refractivity contribution is 6.34. The minimum atomic E-state index is -0.550. The van der Waals surface area contributed by atoms with Crippen molar-refractivity contribution in [2.24, 2.45) is 10.9 Å². The Morgan fingerprint density at radius 1 is 1.10 bits per heavy atom. The predicted molar refractivity (Wildman–Crippen MR) is 162 cm³/mol. The quantitative estimate of drug-likeness (QED) is 0.149. The average molecular weight is 569 g/mol. The zero-order chi connectivity index (χ0) is 29.3. The molecule has 9 heteroatoms. The molecule has 0 saturated heterocycles. The Hall–Kier alpha value is -4.43. The third kappa shape index (κ3) is 5.47. The predicted octanol–water partition coefficient (Wildman–Crippen LogP) is 6.38. The number of hydrogen-bond acceptors (Lipinski definition) is 5. The maximum atomic E-state index is 11.0. The molecule has 6 rings (SSSR count). The van der Waals surface area contributed by atoms with Crippen LogP contribution in [0.2, 0.25) is 5.02 Å². The first-order valence-corrected chi connectivity index (χ1v) is 13.8.